The van der Waals surface area contributed by atoms with Gasteiger partial charge in [0.15, 0.2) is 0 Å². The van der Waals surface area contributed by atoms with Crippen LogP contribution in [-0.4, -0.2) is 29.0 Å². The van der Waals surface area contributed by atoms with Crippen LogP contribution in [0.3, 0.4) is 0 Å². The van der Waals surface area contributed by atoms with Crippen LogP contribution in [0, 0.1) is 0 Å². The highest BCUT2D eigenvalue weighted by atomic mass is 16.5. The highest BCUT2D eigenvalue weighted by molar-refractivity contribution is 5.93. The van der Waals surface area contributed by atoms with Gasteiger partial charge in [0, 0.05) is 0 Å². The summed E-state index contributed by atoms with van der Waals surface area (Å²) in [4.78, 5) is 20.6. The highest BCUT2D eigenvalue weighted by Crippen LogP contribution is 1.87. The summed E-state index contributed by atoms with van der Waals surface area (Å²) in [5.41, 5.74) is 0. The third kappa shape index (κ3) is 0.918. The van der Waals surface area contributed by atoms with Gasteiger partial charge in [0.25, 0.3) is 0 Å². The number of amides is 4. The summed E-state index contributed by atoms with van der Waals surface area (Å²) in [6.45, 7) is 0.0642. The van der Waals surface area contributed by atoms with Crippen molar-refractivity contribution in [2.75, 3.05) is 6.67 Å². The Balaban J connectivity index is 2.62. The predicted octanol–water partition coefficient (Wildman–Crippen LogP) is -0.932. The normalized spacial score (nSPS) is 19.0. The van der Waals surface area contributed by atoms with Crippen molar-refractivity contribution in [3.8, 4) is 0 Å². The first-order chi connectivity index (χ1) is 4.22. The molecular formula is C3H5N3O3. The van der Waals surface area contributed by atoms with E-state index in [1.54, 1.807) is 0 Å². The Kier molecular flexibility index (Phi) is 1.23. The molecule has 0 unspecified atom stereocenters. The summed E-state index contributed by atoms with van der Waals surface area (Å²) in [6, 6.07) is -1.61. The molecule has 1 aliphatic rings. The van der Waals surface area contributed by atoms with Gasteiger partial charge >= 0.3 is 12.1 Å². The standard InChI is InChI=1S/C3H5N3O3/c7-2-4-1-5-3(8)6(2)9/h9H,1H2,(H,4,7)(H,5,8). The van der Waals surface area contributed by atoms with Gasteiger partial charge in [-0.2, -0.15) is 0 Å². The molecule has 6 heteroatoms. The molecule has 0 saturated carbocycles. The second-order valence-corrected chi connectivity index (χ2v) is 1.45. The second-order valence-electron chi connectivity index (χ2n) is 1.45. The van der Waals surface area contributed by atoms with Gasteiger partial charge in [-0.1, -0.05) is 0 Å². The second kappa shape index (κ2) is 1.90. The molecule has 4 amide bonds. The van der Waals surface area contributed by atoms with E-state index in [0.29, 0.717) is 0 Å². The van der Waals surface area contributed by atoms with Crippen molar-refractivity contribution in [3.05, 3.63) is 0 Å². The molecule has 9 heavy (non-hydrogen) atoms. The van der Waals surface area contributed by atoms with Gasteiger partial charge in [0.2, 0.25) is 0 Å². The first-order valence-corrected chi connectivity index (χ1v) is 2.26. The van der Waals surface area contributed by atoms with Crippen LogP contribution in [-0.2, 0) is 0 Å². The Hall–Kier alpha value is -1.30. The fourth-order valence-corrected chi connectivity index (χ4v) is 0.437. The molecule has 0 aromatic heterocycles. The molecule has 0 aromatic rings. The topological polar surface area (TPSA) is 81.7 Å². The monoisotopic (exact) mass is 131 g/mol. The number of rotatable bonds is 0. The summed E-state index contributed by atoms with van der Waals surface area (Å²) in [5, 5.41) is 12.8. The Bertz CT molecular complexity index is 140. The molecule has 0 bridgehead atoms. The first-order valence-electron chi connectivity index (χ1n) is 2.26. The smallest absolute Gasteiger partial charge is 0.318 e. The molecule has 50 valence electrons. The average Bonchev–Trinajstić information content (AvgIpc) is 1.83. The van der Waals surface area contributed by atoms with E-state index in [1.807, 2.05) is 0 Å². The highest BCUT2D eigenvalue weighted by Gasteiger charge is 2.22. The average molecular weight is 131 g/mol. The molecule has 1 fully saturated rings. The number of carbonyl (C=O) groups excluding carboxylic acids is 2. The van der Waals surface area contributed by atoms with Gasteiger partial charge < -0.3 is 10.6 Å². The van der Waals surface area contributed by atoms with E-state index in [2.05, 4.69) is 10.6 Å². The molecule has 1 heterocycles. The van der Waals surface area contributed by atoms with Crippen molar-refractivity contribution in [3.63, 3.8) is 0 Å². The maximum absolute atomic E-state index is 10.3. The van der Waals surface area contributed by atoms with Gasteiger partial charge in [0.1, 0.15) is 0 Å². The molecule has 0 spiro atoms. The fraction of sp³-hybridized carbons (Fsp3) is 0.333. The van der Waals surface area contributed by atoms with E-state index < -0.39 is 12.1 Å². The Morgan fingerprint density at radius 1 is 1.33 bits per heavy atom. The van der Waals surface area contributed by atoms with E-state index in [0.717, 1.165) is 0 Å². The SMILES string of the molecule is O=C1NCNC(=O)N1O. The Labute approximate surface area is 50.4 Å². The number of carbonyl (C=O) groups is 2. The molecule has 0 radical (unpaired) electrons. The van der Waals surface area contributed by atoms with Crippen molar-refractivity contribution in [2.45, 2.75) is 0 Å². The van der Waals surface area contributed by atoms with Crippen molar-refractivity contribution >= 4 is 12.1 Å². The Morgan fingerprint density at radius 3 is 2.11 bits per heavy atom. The maximum atomic E-state index is 10.3. The summed E-state index contributed by atoms with van der Waals surface area (Å²) in [6.07, 6.45) is 0. The van der Waals surface area contributed by atoms with Crippen molar-refractivity contribution < 1.29 is 14.8 Å². The third-order valence-corrected chi connectivity index (χ3v) is 0.864. The van der Waals surface area contributed by atoms with Crippen LogP contribution in [0.1, 0.15) is 0 Å². The zero-order chi connectivity index (χ0) is 6.85. The third-order valence-electron chi connectivity index (χ3n) is 0.864. The van der Waals surface area contributed by atoms with Gasteiger partial charge in [0.05, 0.1) is 6.67 Å². The molecule has 1 saturated heterocycles. The van der Waals surface area contributed by atoms with Crippen LogP contribution in [0.4, 0.5) is 9.59 Å². The molecule has 1 aliphatic heterocycles. The maximum Gasteiger partial charge on any atom is 0.351 e. The van der Waals surface area contributed by atoms with E-state index in [-0.39, 0.29) is 11.7 Å². The quantitative estimate of drug-likeness (QED) is 0.371. The largest absolute Gasteiger partial charge is 0.351 e. The minimum Gasteiger partial charge on any atom is -0.318 e. The number of imide groups is 1. The summed E-state index contributed by atoms with van der Waals surface area (Å²) in [7, 11) is 0. The summed E-state index contributed by atoms with van der Waals surface area (Å²) in [5.74, 6) is 0. The van der Waals surface area contributed by atoms with E-state index in [1.165, 1.54) is 0 Å². The number of nitrogens with zero attached hydrogens (tertiary/aromatic N) is 1. The number of hydrogen-bond donors (Lipinski definition) is 3. The lowest BCUT2D eigenvalue weighted by Gasteiger charge is -2.19. The van der Waals surface area contributed by atoms with Crippen LogP contribution in [0.2, 0.25) is 0 Å². The van der Waals surface area contributed by atoms with Crippen LogP contribution in [0.5, 0.6) is 0 Å². The van der Waals surface area contributed by atoms with E-state index in [9.17, 15) is 9.59 Å². The minimum atomic E-state index is -0.807. The zero-order valence-electron chi connectivity index (χ0n) is 4.42. The lowest BCUT2D eigenvalue weighted by molar-refractivity contribution is -0.00948. The molecule has 0 aliphatic carbocycles. The molecule has 0 aromatic carbocycles. The van der Waals surface area contributed by atoms with Gasteiger partial charge in [-0.3, -0.25) is 5.21 Å². The summed E-state index contributed by atoms with van der Waals surface area (Å²) < 4.78 is 0. The lowest BCUT2D eigenvalue weighted by atomic mass is 10.7. The van der Waals surface area contributed by atoms with Crippen LogP contribution < -0.4 is 10.6 Å². The minimum absolute atomic E-state index is 0.0243. The number of hydrogen-bond acceptors (Lipinski definition) is 3. The van der Waals surface area contributed by atoms with Crippen molar-refractivity contribution in [2.24, 2.45) is 0 Å². The molecular weight excluding hydrogens is 126 g/mol. The Morgan fingerprint density at radius 2 is 1.78 bits per heavy atom. The molecule has 3 N–H and O–H groups in total. The van der Waals surface area contributed by atoms with Crippen LogP contribution >= 0.6 is 0 Å². The summed E-state index contributed by atoms with van der Waals surface area (Å²) >= 11 is 0. The van der Waals surface area contributed by atoms with Gasteiger partial charge in [-0.05, 0) is 0 Å². The van der Waals surface area contributed by atoms with E-state index in [4.69, 9.17) is 5.21 Å². The zero-order valence-corrected chi connectivity index (χ0v) is 4.42. The number of nitrogens with one attached hydrogen (secondary N) is 2. The van der Waals surface area contributed by atoms with Gasteiger partial charge in [-0.25, -0.2) is 9.59 Å². The molecule has 0 atom stereocenters. The fourth-order valence-electron chi connectivity index (χ4n) is 0.437. The number of hydroxylamine groups is 2. The van der Waals surface area contributed by atoms with Gasteiger partial charge in [-0.15, -0.1) is 5.06 Å². The molecule has 1 rings (SSSR count). The molecule has 6 nitrogen and oxygen atoms in total. The predicted molar refractivity (Wildman–Crippen MR) is 25.6 cm³/mol. The number of urea groups is 2. The lowest BCUT2D eigenvalue weighted by Crippen LogP contribution is -2.56. The van der Waals surface area contributed by atoms with Crippen molar-refractivity contribution in [1.29, 1.82) is 0 Å². The van der Waals surface area contributed by atoms with E-state index >= 15 is 0 Å². The van der Waals surface area contributed by atoms with Crippen LogP contribution in [0.15, 0.2) is 0 Å². The first kappa shape index (κ1) is 5.83. The van der Waals surface area contributed by atoms with Crippen molar-refractivity contribution in [1.82, 2.24) is 15.7 Å². The van der Waals surface area contributed by atoms with Crippen LogP contribution in [0.25, 0.3) is 0 Å².